The molecule has 0 aromatic carbocycles. The smallest absolute Gasteiger partial charge is 0.333 e. The van der Waals surface area contributed by atoms with Gasteiger partial charge in [0.25, 0.3) is 0 Å². The lowest BCUT2D eigenvalue weighted by Crippen LogP contribution is -2.46. The first-order valence-corrected chi connectivity index (χ1v) is 5.03. The number of carbonyl (C=O) groups excluding carboxylic acids is 1. The Balaban J connectivity index is 4.07. The SMILES string of the molecule is C=C(C)C(=O)OCC(C)(CC)NCC. The van der Waals surface area contributed by atoms with Crippen LogP contribution in [0.15, 0.2) is 12.2 Å². The summed E-state index contributed by atoms with van der Waals surface area (Å²) >= 11 is 0. The van der Waals surface area contributed by atoms with Crippen molar-refractivity contribution < 1.29 is 9.53 Å². The Morgan fingerprint density at radius 1 is 1.50 bits per heavy atom. The van der Waals surface area contributed by atoms with E-state index >= 15 is 0 Å². The molecule has 0 fully saturated rings. The van der Waals surface area contributed by atoms with E-state index in [1.165, 1.54) is 0 Å². The molecule has 0 saturated heterocycles. The molecular weight excluding hydrogens is 178 g/mol. The summed E-state index contributed by atoms with van der Waals surface area (Å²) in [4.78, 5) is 11.2. The Bertz CT molecular complexity index is 213. The van der Waals surface area contributed by atoms with E-state index in [9.17, 15) is 4.79 Å². The number of esters is 1. The summed E-state index contributed by atoms with van der Waals surface area (Å²) in [7, 11) is 0. The van der Waals surface area contributed by atoms with Gasteiger partial charge in [0.15, 0.2) is 0 Å². The van der Waals surface area contributed by atoms with Crippen LogP contribution in [0.2, 0.25) is 0 Å². The largest absolute Gasteiger partial charge is 0.460 e. The maximum Gasteiger partial charge on any atom is 0.333 e. The molecule has 0 heterocycles. The number of nitrogens with one attached hydrogen (secondary N) is 1. The van der Waals surface area contributed by atoms with Gasteiger partial charge >= 0.3 is 5.97 Å². The molecule has 0 rings (SSSR count). The van der Waals surface area contributed by atoms with E-state index in [1.807, 2.05) is 13.8 Å². The summed E-state index contributed by atoms with van der Waals surface area (Å²) in [5, 5.41) is 3.30. The van der Waals surface area contributed by atoms with Gasteiger partial charge in [0.2, 0.25) is 0 Å². The zero-order chi connectivity index (χ0) is 11.2. The molecule has 14 heavy (non-hydrogen) atoms. The van der Waals surface area contributed by atoms with Crippen molar-refractivity contribution in [3.63, 3.8) is 0 Å². The molecule has 0 spiro atoms. The molecule has 0 aliphatic rings. The van der Waals surface area contributed by atoms with Crippen molar-refractivity contribution in [2.45, 2.75) is 39.7 Å². The minimum atomic E-state index is -0.317. The predicted octanol–water partition coefficient (Wildman–Crippen LogP) is 1.88. The molecule has 82 valence electrons. The van der Waals surface area contributed by atoms with Gasteiger partial charge in [-0.2, -0.15) is 0 Å². The van der Waals surface area contributed by atoms with Gasteiger partial charge in [-0.25, -0.2) is 4.79 Å². The van der Waals surface area contributed by atoms with Crippen LogP contribution < -0.4 is 5.32 Å². The summed E-state index contributed by atoms with van der Waals surface area (Å²) in [5.74, 6) is -0.317. The van der Waals surface area contributed by atoms with E-state index in [0.717, 1.165) is 13.0 Å². The van der Waals surface area contributed by atoms with Gasteiger partial charge < -0.3 is 10.1 Å². The van der Waals surface area contributed by atoms with Gasteiger partial charge in [-0.1, -0.05) is 20.4 Å². The molecule has 3 heteroatoms. The second-order valence-corrected chi connectivity index (χ2v) is 3.80. The molecule has 0 saturated carbocycles. The Kier molecular flexibility index (Phi) is 5.46. The number of hydrogen-bond donors (Lipinski definition) is 1. The molecule has 0 aromatic rings. The minimum Gasteiger partial charge on any atom is -0.460 e. The molecule has 0 aromatic heterocycles. The first-order valence-electron chi connectivity index (χ1n) is 5.03. The fourth-order valence-corrected chi connectivity index (χ4v) is 1.05. The topological polar surface area (TPSA) is 38.3 Å². The van der Waals surface area contributed by atoms with Crippen LogP contribution in [0, 0.1) is 0 Å². The third-order valence-electron chi connectivity index (χ3n) is 2.25. The average Bonchev–Trinajstić information content (AvgIpc) is 2.14. The average molecular weight is 199 g/mol. The van der Waals surface area contributed by atoms with Gasteiger partial charge in [-0.05, 0) is 26.8 Å². The van der Waals surface area contributed by atoms with Gasteiger partial charge in [-0.15, -0.1) is 0 Å². The van der Waals surface area contributed by atoms with Crippen molar-refractivity contribution in [2.24, 2.45) is 0 Å². The van der Waals surface area contributed by atoms with Crippen molar-refractivity contribution >= 4 is 5.97 Å². The first-order chi connectivity index (χ1) is 6.45. The molecule has 3 nitrogen and oxygen atoms in total. The number of likely N-dealkylation sites (N-methyl/N-ethyl adjacent to an activating group) is 1. The Labute approximate surface area is 86.5 Å². The summed E-state index contributed by atoms with van der Waals surface area (Å²) in [6.07, 6.45) is 0.921. The van der Waals surface area contributed by atoms with Crippen molar-refractivity contribution in [3.05, 3.63) is 12.2 Å². The quantitative estimate of drug-likeness (QED) is 0.524. The minimum absolute atomic E-state index is 0.125. The van der Waals surface area contributed by atoms with Crippen LogP contribution in [0.3, 0.4) is 0 Å². The van der Waals surface area contributed by atoms with Crippen LogP contribution in [-0.4, -0.2) is 24.7 Å². The fraction of sp³-hybridized carbons (Fsp3) is 0.727. The van der Waals surface area contributed by atoms with E-state index in [4.69, 9.17) is 4.74 Å². The lowest BCUT2D eigenvalue weighted by Gasteiger charge is -2.28. The highest BCUT2D eigenvalue weighted by Gasteiger charge is 2.22. The lowest BCUT2D eigenvalue weighted by molar-refractivity contribution is -0.141. The van der Waals surface area contributed by atoms with E-state index in [2.05, 4.69) is 18.8 Å². The van der Waals surface area contributed by atoms with E-state index in [1.54, 1.807) is 6.92 Å². The molecule has 1 unspecified atom stereocenters. The van der Waals surface area contributed by atoms with Gasteiger partial charge in [-0.3, -0.25) is 0 Å². The molecule has 1 N–H and O–H groups in total. The van der Waals surface area contributed by atoms with Crippen LogP contribution >= 0.6 is 0 Å². The molecule has 0 amide bonds. The number of hydrogen-bond acceptors (Lipinski definition) is 3. The number of carbonyl (C=O) groups is 1. The highest BCUT2D eigenvalue weighted by atomic mass is 16.5. The van der Waals surface area contributed by atoms with E-state index in [0.29, 0.717) is 12.2 Å². The van der Waals surface area contributed by atoms with E-state index in [-0.39, 0.29) is 11.5 Å². The third kappa shape index (κ3) is 4.42. The molecule has 0 aliphatic heterocycles. The molecule has 0 bridgehead atoms. The number of rotatable bonds is 6. The van der Waals surface area contributed by atoms with Gasteiger partial charge in [0, 0.05) is 11.1 Å². The summed E-state index contributed by atoms with van der Waals surface area (Å²) in [6.45, 7) is 12.6. The molecular formula is C11H21NO2. The van der Waals surface area contributed by atoms with Crippen molar-refractivity contribution in [1.82, 2.24) is 5.32 Å². The fourth-order valence-electron chi connectivity index (χ4n) is 1.05. The van der Waals surface area contributed by atoms with Crippen molar-refractivity contribution in [3.8, 4) is 0 Å². The van der Waals surface area contributed by atoms with Crippen LogP contribution in [0.5, 0.6) is 0 Å². The van der Waals surface area contributed by atoms with Crippen LogP contribution in [0.1, 0.15) is 34.1 Å². The molecule has 1 atom stereocenters. The van der Waals surface area contributed by atoms with E-state index < -0.39 is 0 Å². The molecule has 0 aliphatic carbocycles. The third-order valence-corrected chi connectivity index (χ3v) is 2.25. The maximum absolute atomic E-state index is 11.2. The van der Waals surface area contributed by atoms with Crippen molar-refractivity contribution in [2.75, 3.05) is 13.2 Å². The highest BCUT2D eigenvalue weighted by molar-refractivity contribution is 5.86. The summed E-state index contributed by atoms with van der Waals surface area (Å²) in [6, 6.07) is 0. The summed E-state index contributed by atoms with van der Waals surface area (Å²) in [5.41, 5.74) is 0.319. The van der Waals surface area contributed by atoms with Gasteiger partial charge in [0.05, 0.1) is 0 Å². The van der Waals surface area contributed by atoms with Gasteiger partial charge in [0.1, 0.15) is 6.61 Å². The van der Waals surface area contributed by atoms with Crippen LogP contribution in [0.4, 0.5) is 0 Å². The zero-order valence-corrected chi connectivity index (χ0v) is 9.64. The predicted molar refractivity (Wildman–Crippen MR) is 58.1 cm³/mol. The van der Waals surface area contributed by atoms with Crippen LogP contribution in [0.25, 0.3) is 0 Å². The highest BCUT2D eigenvalue weighted by Crippen LogP contribution is 2.10. The standard InChI is InChI=1S/C11H21NO2/c1-6-11(5,12-7-2)8-14-10(13)9(3)4/h12H,3,6-8H2,1-2,4-5H3. The normalized spacial score (nSPS) is 14.6. The van der Waals surface area contributed by atoms with Crippen LogP contribution in [-0.2, 0) is 9.53 Å². The zero-order valence-electron chi connectivity index (χ0n) is 9.64. The Morgan fingerprint density at radius 2 is 2.07 bits per heavy atom. The summed E-state index contributed by atoms with van der Waals surface area (Å²) < 4.78 is 5.11. The lowest BCUT2D eigenvalue weighted by atomic mass is 10.0. The first kappa shape index (κ1) is 13.2. The number of ether oxygens (including phenoxy) is 1. The second-order valence-electron chi connectivity index (χ2n) is 3.80. The second kappa shape index (κ2) is 5.81. The Hall–Kier alpha value is -0.830. The maximum atomic E-state index is 11.2. The monoisotopic (exact) mass is 199 g/mol. The molecule has 0 radical (unpaired) electrons. The van der Waals surface area contributed by atoms with Crippen molar-refractivity contribution in [1.29, 1.82) is 0 Å². The Morgan fingerprint density at radius 3 is 2.43 bits per heavy atom.